The first-order chi connectivity index (χ1) is 10.3. The van der Waals surface area contributed by atoms with Crippen molar-refractivity contribution >= 4 is 22.5 Å². The van der Waals surface area contributed by atoms with Crippen LogP contribution in [-0.4, -0.2) is 22.1 Å². The summed E-state index contributed by atoms with van der Waals surface area (Å²) < 4.78 is 5.33. The Labute approximate surface area is 127 Å². The van der Waals surface area contributed by atoms with Gasteiger partial charge in [0.2, 0.25) is 11.7 Å². The van der Waals surface area contributed by atoms with Crippen LogP contribution in [0.2, 0.25) is 0 Å². The summed E-state index contributed by atoms with van der Waals surface area (Å²) in [4.78, 5) is 4.47. The lowest BCUT2D eigenvalue weighted by Gasteiger charge is -2.04. The highest BCUT2D eigenvalue weighted by Gasteiger charge is 2.16. The molecule has 1 heterocycles. The minimum Gasteiger partial charge on any atom is -0.337 e. The van der Waals surface area contributed by atoms with E-state index in [1.807, 2.05) is 24.3 Å². The molecule has 1 aromatic heterocycles. The fourth-order valence-electron chi connectivity index (χ4n) is 2.28. The van der Waals surface area contributed by atoms with Gasteiger partial charge in [0.1, 0.15) is 0 Å². The van der Waals surface area contributed by atoms with Crippen molar-refractivity contribution < 1.29 is 4.52 Å². The van der Waals surface area contributed by atoms with Crippen molar-refractivity contribution in [2.24, 2.45) is 5.73 Å². The van der Waals surface area contributed by atoms with Crippen molar-refractivity contribution in [2.45, 2.75) is 12.5 Å². The monoisotopic (exact) mass is 299 g/mol. The summed E-state index contributed by atoms with van der Waals surface area (Å²) in [6.45, 7) is 0. The number of nitrogens with two attached hydrogens (primary N) is 1. The van der Waals surface area contributed by atoms with Crippen LogP contribution in [0.4, 0.5) is 0 Å². The lowest BCUT2D eigenvalue weighted by atomic mass is 10.0. The summed E-state index contributed by atoms with van der Waals surface area (Å²) in [5, 5.41) is 6.37. The SMILES string of the molecule is CSCC[C@H](N)c1nc(-c2cccc3ccccc23)no1. The van der Waals surface area contributed by atoms with Crippen molar-refractivity contribution in [1.29, 1.82) is 0 Å². The van der Waals surface area contributed by atoms with Gasteiger partial charge in [-0.15, -0.1) is 0 Å². The standard InChI is InChI=1S/C16H17N3OS/c1-21-10-9-14(17)16-18-15(19-20-16)13-8-4-6-11-5-2-3-7-12(11)13/h2-8,14H,9-10,17H2,1H3/t14-/m0/s1. The third kappa shape index (κ3) is 2.94. The van der Waals surface area contributed by atoms with E-state index in [9.17, 15) is 0 Å². The topological polar surface area (TPSA) is 64.9 Å². The van der Waals surface area contributed by atoms with Gasteiger partial charge in [0, 0.05) is 5.56 Å². The van der Waals surface area contributed by atoms with Gasteiger partial charge in [-0.1, -0.05) is 47.6 Å². The molecule has 4 nitrogen and oxygen atoms in total. The molecule has 0 radical (unpaired) electrons. The number of nitrogens with zero attached hydrogens (tertiary/aromatic N) is 2. The van der Waals surface area contributed by atoms with Gasteiger partial charge < -0.3 is 10.3 Å². The first kappa shape index (κ1) is 14.1. The lowest BCUT2D eigenvalue weighted by Crippen LogP contribution is -2.11. The molecular formula is C16H17N3OS. The second kappa shape index (κ2) is 6.28. The molecule has 0 bridgehead atoms. The average Bonchev–Trinajstić information content (AvgIpc) is 3.02. The molecule has 0 unspecified atom stereocenters. The molecule has 21 heavy (non-hydrogen) atoms. The molecule has 0 amide bonds. The fraction of sp³-hybridized carbons (Fsp3) is 0.250. The third-order valence-electron chi connectivity index (χ3n) is 3.42. The number of aromatic nitrogens is 2. The fourth-order valence-corrected chi connectivity index (χ4v) is 2.77. The van der Waals surface area contributed by atoms with Gasteiger partial charge in [-0.25, -0.2) is 0 Å². The summed E-state index contributed by atoms with van der Waals surface area (Å²) in [5.74, 6) is 2.08. The zero-order valence-electron chi connectivity index (χ0n) is 11.8. The minimum absolute atomic E-state index is 0.200. The quantitative estimate of drug-likeness (QED) is 0.779. The van der Waals surface area contributed by atoms with E-state index in [1.165, 1.54) is 0 Å². The zero-order chi connectivity index (χ0) is 14.7. The second-order valence-electron chi connectivity index (χ2n) is 4.87. The van der Waals surface area contributed by atoms with Crippen molar-refractivity contribution in [1.82, 2.24) is 10.1 Å². The molecule has 0 saturated carbocycles. The zero-order valence-corrected chi connectivity index (χ0v) is 12.6. The molecule has 0 saturated heterocycles. The molecule has 2 N–H and O–H groups in total. The third-order valence-corrected chi connectivity index (χ3v) is 4.07. The predicted octanol–water partition coefficient (Wildman–Crippen LogP) is 3.64. The van der Waals surface area contributed by atoms with E-state index in [0.29, 0.717) is 11.7 Å². The van der Waals surface area contributed by atoms with Gasteiger partial charge in [0.25, 0.3) is 0 Å². The van der Waals surface area contributed by atoms with Gasteiger partial charge in [-0.05, 0) is 29.2 Å². The van der Waals surface area contributed by atoms with Crippen LogP contribution in [-0.2, 0) is 0 Å². The molecule has 3 aromatic rings. The Morgan fingerprint density at radius 3 is 2.86 bits per heavy atom. The highest BCUT2D eigenvalue weighted by Crippen LogP contribution is 2.27. The first-order valence-corrected chi connectivity index (χ1v) is 8.25. The number of rotatable bonds is 5. The molecule has 0 aliphatic heterocycles. The molecule has 5 heteroatoms. The Hall–Kier alpha value is -1.85. The van der Waals surface area contributed by atoms with Crippen LogP contribution < -0.4 is 5.73 Å². The molecule has 0 fully saturated rings. The van der Waals surface area contributed by atoms with Crippen molar-refractivity contribution in [3.05, 3.63) is 48.4 Å². The van der Waals surface area contributed by atoms with Crippen LogP contribution in [0.15, 0.2) is 47.0 Å². The van der Waals surface area contributed by atoms with Crippen molar-refractivity contribution in [3.63, 3.8) is 0 Å². The average molecular weight is 299 g/mol. The number of fused-ring (bicyclic) bond motifs is 1. The van der Waals surface area contributed by atoms with E-state index in [0.717, 1.165) is 28.5 Å². The van der Waals surface area contributed by atoms with Gasteiger partial charge >= 0.3 is 0 Å². The summed E-state index contributed by atoms with van der Waals surface area (Å²) in [6, 6.07) is 14.0. The summed E-state index contributed by atoms with van der Waals surface area (Å²) >= 11 is 1.76. The van der Waals surface area contributed by atoms with Crippen LogP contribution in [0, 0.1) is 0 Å². The second-order valence-corrected chi connectivity index (χ2v) is 5.86. The van der Waals surface area contributed by atoms with Gasteiger partial charge in [0.15, 0.2) is 0 Å². The van der Waals surface area contributed by atoms with Gasteiger partial charge in [0.05, 0.1) is 6.04 Å². The molecule has 0 spiro atoms. The number of thioether (sulfide) groups is 1. The Balaban J connectivity index is 1.95. The van der Waals surface area contributed by atoms with Crippen molar-refractivity contribution in [2.75, 3.05) is 12.0 Å². The Kier molecular flexibility index (Phi) is 4.22. The maximum atomic E-state index is 6.08. The number of hydrogen-bond donors (Lipinski definition) is 1. The first-order valence-electron chi connectivity index (χ1n) is 6.86. The minimum atomic E-state index is -0.200. The van der Waals surface area contributed by atoms with E-state index in [1.54, 1.807) is 11.8 Å². The Morgan fingerprint density at radius 2 is 2.00 bits per heavy atom. The van der Waals surface area contributed by atoms with Crippen LogP contribution in [0.25, 0.3) is 22.2 Å². The molecule has 108 valence electrons. The van der Waals surface area contributed by atoms with E-state index >= 15 is 0 Å². The Morgan fingerprint density at radius 1 is 1.19 bits per heavy atom. The molecule has 3 rings (SSSR count). The Bertz CT molecular complexity index is 736. The lowest BCUT2D eigenvalue weighted by molar-refractivity contribution is 0.353. The molecule has 1 atom stereocenters. The van der Waals surface area contributed by atoms with E-state index in [-0.39, 0.29) is 6.04 Å². The molecule has 0 aliphatic carbocycles. The summed E-state index contributed by atoms with van der Waals surface area (Å²) in [7, 11) is 0. The maximum Gasteiger partial charge on any atom is 0.243 e. The van der Waals surface area contributed by atoms with E-state index < -0.39 is 0 Å². The maximum absolute atomic E-state index is 6.08. The predicted molar refractivity (Wildman–Crippen MR) is 87.2 cm³/mol. The largest absolute Gasteiger partial charge is 0.337 e. The van der Waals surface area contributed by atoms with Crippen molar-refractivity contribution in [3.8, 4) is 11.4 Å². The smallest absolute Gasteiger partial charge is 0.243 e. The van der Waals surface area contributed by atoms with Crippen LogP contribution in [0.3, 0.4) is 0 Å². The summed E-state index contributed by atoms with van der Waals surface area (Å²) in [6.07, 6.45) is 2.89. The molecule has 2 aromatic carbocycles. The van der Waals surface area contributed by atoms with Gasteiger partial charge in [-0.3, -0.25) is 0 Å². The van der Waals surface area contributed by atoms with Crippen LogP contribution in [0.5, 0.6) is 0 Å². The van der Waals surface area contributed by atoms with Crippen LogP contribution in [0.1, 0.15) is 18.4 Å². The normalized spacial score (nSPS) is 12.7. The van der Waals surface area contributed by atoms with E-state index in [2.05, 4.69) is 34.6 Å². The summed E-state index contributed by atoms with van der Waals surface area (Å²) in [5.41, 5.74) is 7.05. The van der Waals surface area contributed by atoms with Gasteiger partial charge in [-0.2, -0.15) is 16.7 Å². The molecule has 0 aliphatic rings. The molecular weight excluding hydrogens is 282 g/mol. The highest BCUT2D eigenvalue weighted by molar-refractivity contribution is 7.98. The number of benzene rings is 2. The number of hydrogen-bond acceptors (Lipinski definition) is 5. The van der Waals surface area contributed by atoms with E-state index in [4.69, 9.17) is 10.3 Å². The van der Waals surface area contributed by atoms with Crippen LogP contribution >= 0.6 is 11.8 Å². The highest BCUT2D eigenvalue weighted by atomic mass is 32.2.